The molecule has 0 saturated heterocycles. The van der Waals surface area contributed by atoms with E-state index in [1.54, 1.807) is 29.9 Å². The van der Waals surface area contributed by atoms with Crippen LogP contribution in [0.2, 0.25) is 0 Å². The number of fused-ring (bicyclic) bond motifs is 1. The zero-order valence-electron chi connectivity index (χ0n) is 12.7. The highest BCUT2D eigenvalue weighted by Gasteiger charge is 2.16. The average Bonchev–Trinajstić information content (AvgIpc) is 2.79. The summed E-state index contributed by atoms with van der Waals surface area (Å²) < 4.78 is 34.2. The number of thiazole rings is 1. The van der Waals surface area contributed by atoms with Crippen LogP contribution in [0.15, 0.2) is 27.9 Å². The fourth-order valence-corrected chi connectivity index (χ4v) is 4.29. The van der Waals surface area contributed by atoms with Crippen molar-refractivity contribution in [1.29, 1.82) is 0 Å². The molecule has 1 aromatic heterocycles. The van der Waals surface area contributed by atoms with Crippen LogP contribution in [0.3, 0.4) is 0 Å². The Labute approximate surface area is 133 Å². The topological polar surface area (TPSA) is 77.4 Å². The Morgan fingerprint density at radius 3 is 2.82 bits per heavy atom. The quantitative estimate of drug-likeness (QED) is 0.741. The highest BCUT2D eigenvalue weighted by Crippen LogP contribution is 2.21. The fraction of sp³-hybridized carbons (Fsp3) is 0.500. The lowest BCUT2D eigenvalue weighted by Crippen LogP contribution is -2.25. The van der Waals surface area contributed by atoms with Crippen LogP contribution in [-0.4, -0.2) is 33.2 Å². The summed E-state index contributed by atoms with van der Waals surface area (Å²) >= 11 is 1.08. The molecule has 2 rings (SSSR count). The summed E-state index contributed by atoms with van der Waals surface area (Å²) in [5.74, 6) is 0. The van der Waals surface area contributed by atoms with E-state index in [0.717, 1.165) is 23.3 Å². The van der Waals surface area contributed by atoms with Gasteiger partial charge in [-0.25, -0.2) is 13.1 Å². The summed E-state index contributed by atoms with van der Waals surface area (Å²) in [7, 11) is -1.98. The van der Waals surface area contributed by atoms with Gasteiger partial charge in [-0.3, -0.25) is 9.36 Å². The third-order valence-corrected chi connectivity index (χ3v) is 5.62. The first-order valence-corrected chi connectivity index (χ1v) is 9.41. The molecule has 0 amide bonds. The molecule has 6 nitrogen and oxygen atoms in total. The first-order valence-electron chi connectivity index (χ1n) is 7.11. The minimum atomic E-state index is -3.56. The number of benzene rings is 1. The van der Waals surface area contributed by atoms with E-state index < -0.39 is 10.0 Å². The van der Waals surface area contributed by atoms with Crippen LogP contribution in [-0.2, 0) is 21.3 Å². The highest BCUT2D eigenvalue weighted by atomic mass is 32.2. The second kappa shape index (κ2) is 7.36. The van der Waals surface area contributed by atoms with Gasteiger partial charge in [0.25, 0.3) is 0 Å². The molecule has 0 spiro atoms. The van der Waals surface area contributed by atoms with Gasteiger partial charge in [-0.1, -0.05) is 18.3 Å². The third-order valence-electron chi connectivity index (χ3n) is 3.21. The number of nitrogens with one attached hydrogen (secondary N) is 1. The molecule has 0 aliphatic carbocycles. The molecular formula is C14H20N2O4S2. The van der Waals surface area contributed by atoms with Crippen molar-refractivity contribution in [2.45, 2.75) is 31.2 Å². The van der Waals surface area contributed by atoms with Crippen molar-refractivity contribution in [1.82, 2.24) is 9.29 Å². The van der Waals surface area contributed by atoms with Crippen molar-refractivity contribution < 1.29 is 13.2 Å². The van der Waals surface area contributed by atoms with Crippen LogP contribution in [0.1, 0.15) is 19.8 Å². The molecule has 1 aromatic carbocycles. The average molecular weight is 344 g/mol. The van der Waals surface area contributed by atoms with Gasteiger partial charge in [-0.15, -0.1) is 0 Å². The fourth-order valence-electron chi connectivity index (χ4n) is 2.16. The van der Waals surface area contributed by atoms with Crippen LogP contribution in [0.4, 0.5) is 0 Å². The Hall–Kier alpha value is -1.22. The van der Waals surface area contributed by atoms with E-state index in [0.29, 0.717) is 30.8 Å². The third kappa shape index (κ3) is 3.75. The Morgan fingerprint density at radius 2 is 2.14 bits per heavy atom. The van der Waals surface area contributed by atoms with Crippen molar-refractivity contribution in [2.24, 2.45) is 0 Å². The van der Waals surface area contributed by atoms with Gasteiger partial charge in [-0.05, 0) is 31.0 Å². The molecule has 0 unspecified atom stereocenters. The van der Waals surface area contributed by atoms with E-state index in [1.165, 1.54) is 0 Å². The van der Waals surface area contributed by atoms with Crippen molar-refractivity contribution in [3.63, 3.8) is 0 Å². The summed E-state index contributed by atoms with van der Waals surface area (Å²) in [6.45, 7) is 3.46. The van der Waals surface area contributed by atoms with Crippen molar-refractivity contribution in [3.8, 4) is 0 Å². The van der Waals surface area contributed by atoms with Gasteiger partial charge in [0.05, 0.1) is 15.1 Å². The maximum atomic E-state index is 12.2. The van der Waals surface area contributed by atoms with Crippen LogP contribution >= 0.6 is 11.3 Å². The van der Waals surface area contributed by atoms with Gasteiger partial charge in [0.2, 0.25) is 10.0 Å². The molecule has 22 heavy (non-hydrogen) atoms. The summed E-state index contributed by atoms with van der Waals surface area (Å²) in [6, 6.07) is 4.80. The molecular weight excluding hydrogens is 324 g/mol. The van der Waals surface area contributed by atoms with Gasteiger partial charge in [0, 0.05) is 26.8 Å². The number of hydrogen-bond acceptors (Lipinski definition) is 5. The number of methoxy groups -OCH3 is 1. The zero-order chi connectivity index (χ0) is 16.2. The van der Waals surface area contributed by atoms with E-state index in [9.17, 15) is 13.2 Å². The molecule has 122 valence electrons. The molecule has 0 bridgehead atoms. The minimum absolute atomic E-state index is 0.0561. The SMILES string of the molecule is CCCn1c(=O)sc2cc(S(=O)(=O)NCCCOC)ccc21. The maximum absolute atomic E-state index is 12.2. The number of ether oxygens (including phenoxy) is 1. The van der Waals surface area contributed by atoms with Gasteiger partial charge in [0.15, 0.2) is 0 Å². The van der Waals surface area contributed by atoms with Gasteiger partial charge in [-0.2, -0.15) is 0 Å². The van der Waals surface area contributed by atoms with Crippen LogP contribution < -0.4 is 9.60 Å². The lowest BCUT2D eigenvalue weighted by molar-refractivity contribution is 0.196. The summed E-state index contributed by atoms with van der Waals surface area (Å²) in [6.07, 6.45) is 1.46. The molecule has 8 heteroatoms. The monoisotopic (exact) mass is 344 g/mol. The predicted molar refractivity (Wildman–Crippen MR) is 88.1 cm³/mol. The Kier molecular flexibility index (Phi) is 5.74. The molecule has 0 radical (unpaired) electrons. The van der Waals surface area contributed by atoms with Crippen LogP contribution in [0, 0.1) is 0 Å². The minimum Gasteiger partial charge on any atom is -0.385 e. The Morgan fingerprint density at radius 1 is 1.36 bits per heavy atom. The summed E-state index contributed by atoms with van der Waals surface area (Å²) in [5.41, 5.74) is 0.787. The summed E-state index contributed by atoms with van der Waals surface area (Å²) in [4.78, 5) is 12.1. The molecule has 0 aliphatic rings. The number of sulfonamides is 1. The lowest BCUT2D eigenvalue weighted by atomic mass is 10.3. The molecule has 1 N–H and O–H groups in total. The standard InChI is InChI=1S/C14H20N2O4S2/c1-3-8-16-12-6-5-11(10-13(12)21-14(16)17)22(18,19)15-7-4-9-20-2/h5-6,10,15H,3-4,7-9H2,1-2H3. The highest BCUT2D eigenvalue weighted by molar-refractivity contribution is 7.89. The lowest BCUT2D eigenvalue weighted by Gasteiger charge is -2.07. The molecule has 1 heterocycles. The smallest absolute Gasteiger partial charge is 0.308 e. The zero-order valence-corrected chi connectivity index (χ0v) is 14.3. The predicted octanol–water partition coefficient (Wildman–Crippen LogP) is 1.79. The number of aromatic nitrogens is 1. The van der Waals surface area contributed by atoms with Crippen molar-refractivity contribution in [3.05, 3.63) is 27.9 Å². The molecule has 0 saturated carbocycles. The number of aryl methyl sites for hydroxylation is 1. The molecule has 0 fully saturated rings. The largest absolute Gasteiger partial charge is 0.385 e. The number of nitrogens with zero attached hydrogens (tertiary/aromatic N) is 1. The van der Waals surface area contributed by atoms with Gasteiger partial charge < -0.3 is 4.74 Å². The van der Waals surface area contributed by atoms with Crippen LogP contribution in [0.25, 0.3) is 10.2 Å². The molecule has 0 atom stereocenters. The number of rotatable bonds is 8. The Balaban J connectivity index is 2.27. The van der Waals surface area contributed by atoms with Gasteiger partial charge >= 0.3 is 4.87 Å². The van der Waals surface area contributed by atoms with E-state index in [1.807, 2.05) is 6.92 Å². The van der Waals surface area contributed by atoms with Crippen LogP contribution in [0.5, 0.6) is 0 Å². The normalized spacial score (nSPS) is 12.1. The number of hydrogen-bond donors (Lipinski definition) is 1. The maximum Gasteiger partial charge on any atom is 0.308 e. The Bertz CT molecular complexity index is 793. The van der Waals surface area contributed by atoms with E-state index >= 15 is 0 Å². The first-order chi connectivity index (χ1) is 10.5. The molecule has 0 aliphatic heterocycles. The second-order valence-electron chi connectivity index (χ2n) is 4.89. The first kappa shape index (κ1) is 17.1. The van der Waals surface area contributed by atoms with Gasteiger partial charge in [0.1, 0.15) is 0 Å². The van der Waals surface area contributed by atoms with E-state index in [2.05, 4.69) is 4.72 Å². The summed E-state index contributed by atoms with van der Waals surface area (Å²) in [5, 5.41) is 0. The molecule has 2 aromatic rings. The van der Waals surface area contributed by atoms with Crippen molar-refractivity contribution >= 4 is 31.6 Å². The van der Waals surface area contributed by atoms with Crippen molar-refractivity contribution in [2.75, 3.05) is 20.3 Å². The van der Waals surface area contributed by atoms with E-state index in [-0.39, 0.29) is 9.77 Å². The second-order valence-corrected chi connectivity index (χ2v) is 7.65. The van der Waals surface area contributed by atoms with E-state index in [4.69, 9.17) is 4.74 Å².